The minimum atomic E-state index is 0. The summed E-state index contributed by atoms with van der Waals surface area (Å²) in [6.07, 6.45) is 0. The van der Waals surface area contributed by atoms with Gasteiger partial charge in [-0.1, -0.05) is 45.9 Å². The summed E-state index contributed by atoms with van der Waals surface area (Å²) in [5.41, 5.74) is 4.46. The van der Waals surface area contributed by atoms with Crippen LogP contribution in [-0.2, 0) is 17.1 Å². The molecule has 0 heterocycles. The van der Waals surface area contributed by atoms with E-state index in [2.05, 4.69) is 52.8 Å². The van der Waals surface area contributed by atoms with Gasteiger partial charge in [0.1, 0.15) is 0 Å². The fraction of sp³-hybridized carbons (Fsp3) is 0.538. The molecule has 0 aliphatic rings. The van der Waals surface area contributed by atoms with Gasteiger partial charge in [0.2, 0.25) is 0 Å². The van der Waals surface area contributed by atoms with E-state index in [-0.39, 0.29) is 17.1 Å². The number of benzene rings is 1. The van der Waals surface area contributed by atoms with Gasteiger partial charge in [0, 0.05) is 17.1 Å². The zero-order chi connectivity index (χ0) is 10.0. The van der Waals surface area contributed by atoms with Gasteiger partial charge in [-0.15, -0.1) is 0 Å². The molecule has 1 aromatic carbocycles. The molecule has 0 saturated heterocycles. The minimum absolute atomic E-state index is 0. The van der Waals surface area contributed by atoms with Crippen molar-refractivity contribution in [2.75, 3.05) is 0 Å². The van der Waals surface area contributed by atoms with Gasteiger partial charge in [0.05, 0.1) is 0 Å². The first-order chi connectivity index (χ1) is 6.04. The van der Waals surface area contributed by atoms with Crippen molar-refractivity contribution >= 4 is 0 Å². The van der Waals surface area contributed by atoms with Crippen molar-refractivity contribution in [3.63, 3.8) is 0 Å². The molecule has 83 valence electrons. The molecule has 0 fully saturated rings. The first kappa shape index (κ1) is 13.7. The van der Waals surface area contributed by atoms with Crippen LogP contribution in [0.3, 0.4) is 0 Å². The summed E-state index contributed by atoms with van der Waals surface area (Å²) in [6.45, 7) is 11.3. The summed E-state index contributed by atoms with van der Waals surface area (Å²) in [7, 11) is 0. The van der Waals surface area contributed by atoms with Gasteiger partial charge in [0.15, 0.2) is 0 Å². The van der Waals surface area contributed by atoms with Crippen molar-refractivity contribution in [1.82, 2.24) is 0 Å². The third kappa shape index (κ3) is 2.86. The molecule has 0 aromatic heterocycles. The summed E-state index contributed by atoms with van der Waals surface area (Å²) >= 11 is 0. The summed E-state index contributed by atoms with van der Waals surface area (Å²) in [4.78, 5) is 0. The van der Waals surface area contributed by atoms with E-state index >= 15 is 0 Å². The minimum Gasteiger partial charge on any atom is -0.0617 e. The predicted molar refractivity (Wildman–Crippen MR) is 59.4 cm³/mol. The van der Waals surface area contributed by atoms with Crippen LogP contribution in [0.5, 0.6) is 0 Å². The predicted octanol–water partition coefficient (Wildman–Crippen LogP) is 4.24. The standard InChI is InChI=1S/C13H20.Cu/c1-9(2)12-7-6-8-13(10(3)4)11(12)5;/h6-10H,1-5H3;. The third-order valence-corrected chi connectivity index (χ3v) is 2.66. The Morgan fingerprint density at radius 1 is 0.857 bits per heavy atom. The fourth-order valence-corrected chi connectivity index (χ4v) is 1.92. The molecule has 1 heteroatoms. The second kappa shape index (κ2) is 5.58. The van der Waals surface area contributed by atoms with Gasteiger partial charge < -0.3 is 0 Å². The van der Waals surface area contributed by atoms with Crippen LogP contribution in [0.2, 0.25) is 0 Å². The van der Waals surface area contributed by atoms with Crippen LogP contribution in [0.4, 0.5) is 0 Å². The maximum absolute atomic E-state index is 2.26. The first-order valence-electron chi connectivity index (χ1n) is 5.13. The van der Waals surface area contributed by atoms with Crippen molar-refractivity contribution in [3.05, 3.63) is 34.9 Å². The molecule has 0 aliphatic heterocycles. The largest absolute Gasteiger partial charge is 0.0617 e. The van der Waals surface area contributed by atoms with E-state index in [1.165, 1.54) is 16.7 Å². The molecule has 1 aromatic rings. The van der Waals surface area contributed by atoms with Crippen LogP contribution >= 0.6 is 0 Å². The topological polar surface area (TPSA) is 0 Å². The summed E-state index contributed by atoms with van der Waals surface area (Å²) in [6, 6.07) is 6.66. The Morgan fingerprint density at radius 3 is 1.50 bits per heavy atom. The van der Waals surface area contributed by atoms with E-state index < -0.39 is 0 Å². The first-order valence-corrected chi connectivity index (χ1v) is 5.13. The van der Waals surface area contributed by atoms with Gasteiger partial charge in [-0.2, -0.15) is 0 Å². The van der Waals surface area contributed by atoms with E-state index in [1.54, 1.807) is 0 Å². The van der Waals surface area contributed by atoms with E-state index in [0.717, 1.165) is 0 Å². The number of hydrogen-bond donors (Lipinski definition) is 0. The van der Waals surface area contributed by atoms with Crippen molar-refractivity contribution in [1.29, 1.82) is 0 Å². The van der Waals surface area contributed by atoms with Gasteiger partial charge in [-0.25, -0.2) is 0 Å². The molecule has 0 saturated carbocycles. The molecule has 1 radical (unpaired) electrons. The Kier molecular flexibility index (Phi) is 5.48. The average molecular weight is 240 g/mol. The molecule has 0 bridgehead atoms. The van der Waals surface area contributed by atoms with Gasteiger partial charge >= 0.3 is 0 Å². The van der Waals surface area contributed by atoms with Crippen LogP contribution < -0.4 is 0 Å². The molecule has 1 rings (SSSR count). The molecule has 0 nitrogen and oxygen atoms in total. The normalized spacial score (nSPS) is 10.5. The summed E-state index contributed by atoms with van der Waals surface area (Å²) in [5, 5.41) is 0. The molecule has 0 N–H and O–H groups in total. The van der Waals surface area contributed by atoms with Gasteiger partial charge in [-0.05, 0) is 35.4 Å². The fourth-order valence-electron chi connectivity index (χ4n) is 1.92. The van der Waals surface area contributed by atoms with Crippen LogP contribution in [0.15, 0.2) is 18.2 Å². The third-order valence-electron chi connectivity index (χ3n) is 2.66. The monoisotopic (exact) mass is 239 g/mol. The van der Waals surface area contributed by atoms with Crippen molar-refractivity contribution < 1.29 is 17.1 Å². The summed E-state index contributed by atoms with van der Waals surface area (Å²) in [5.74, 6) is 1.28. The maximum atomic E-state index is 2.26. The molecule has 0 spiro atoms. The van der Waals surface area contributed by atoms with Crippen molar-refractivity contribution in [2.24, 2.45) is 0 Å². The van der Waals surface area contributed by atoms with Crippen LogP contribution in [0.25, 0.3) is 0 Å². The molecule has 0 aliphatic carbocycles. The molecule has 14 heavy (non-hydrogen) atoms. The quantitative estimate of drug-likeness (QED) is 0.678. The molecule has 0 atom stereocenters. The average Bonchev–Trinajstić information content (AvgIpc) is 2.03. The van der Waals surface area contributed by atoms with E-state index in [9.17, 15) is 0 Å². The van der Waals surface area contributed by atoms with Crippen LogP contribution in [-0.4, -0.2) is 0 Å². The SMILES string of the molecule is Cc1c(C(C)C)cccc1C(C)C.[Cu]. The van der Waals surface area contributed by atoms with E-state index in [1.807, 2.05) is 0 Å². The van der Waals surface area contributed by atoms with E-state index in [0.29, 0.717) is 11.8 Å². The van der Waals surface area contributed by atoms with Gasteiger partial charge in [-0.3, -0.25) is 0 Å². The number of hydrogen-bond acceptors (Lipinski definition) is 0. The molecule has 0 unspecified atom stereocenters. The van der Waals surface area contributed by atoms with Crippen molar-refractivity contribution in [3.8, 4) is 0 Å². The maximum Gasteiger partial charge on any atom is 0 e. The second-order valence-corrected chi connectivity index (χ2v) is 4.37. The Hall–Kier alpha value is -0.261. The number of rotatable bonds is 2. The smallest absolute Gasteiger partial charge is 0 e. The molecular weight excluding hydrogens is 220 g/mol. The van der Waals surface area contributed by atoms with Crippen LogP contribution in [0, 0.1) is 6.92 Å². The van der Waals surface area contributed by atoms with E-state index in [4.69, 9.17) is 0 Å². The van der Waals surface area contributed by atoms with Crippen molar-refractivity contribution in [2.45, 2.75) is 46.5 Å². The Balaban J connectivity index is 0.00000169. The Bertz CT molecular complexity index is 261. The molecule has 0 amide bonds. The summed E-state index contributed by atoms with van der Waals surface area (Å²) < 4.78 is 0. The van der Waals surface area contributed by atoms with Crippen LogP contribution in [0.1, 0.15) is 56.2 Å². The molecular formula is C13H20Cu. The zero-order valence-electron chi connectivity index (χ0n) is 9.69. The van der Waals surface area contributed by atoms with Gasteiger partial charge in [0.25, 0.3) is 0 Å². The Labute approximate surface area is 98.6 Å². The zero-order valence-corrected chi connectivity index (χ0v) is 10.6. The second-order valence-electron chi connectivity index (χ2n) is 4.37. The Morgan fingerprint density at radius 2 is 1.21 bits per heavy atom.